The number of aliphatic hydroxyl groups is 2. The summed E-state index contributed by atoms with van der Waals surface area (Å²) in [4.78, 5) is 0. The molecule has 1 aromatic carbocycles. The van der Waals surface area contributed by atoms with Crippen molar-refractivity contribution in [3.8, 4) is 5.75 Å². The van der Waals surface area contributed by atoms with Gasteiger partial charge in [0, 0.05) is 5.41 Å². The van der Waals surface area contributed by atoms with Gasteiger partial charge in [-0.1, -0.05) is 19.1 Å². The first kappa shape index (κ1) is 12.0. The Morgan fingerprint density at radius 3 is 2.07 bits per heavy atom. The molecule has 84 valence electrons. The smallest absolute Gasteiger partial charge is 0.119 e. The van der Waals surface area contributed by atoms with Gasteiger partial charge in [-0.25, -0.2) is 0 Å². The summed E-state index contributed by atoms with van der Waals surface area (Å²) in [6, 6.07) is 7.44. The molecular weight excluding hydrogens is 192 g/mol. The van der Waals surface area contributed by atoms with E-state index in [1.165, 1.54) is 0 Å². The molecule has 0 saturated carbocycles. The van der Waals surface area contributed by atoms with Crippen molar-refractivity contribution in [2.45, 2.75) is 19.3 Å². The zero-order valence-corrected chi connectivity index (χ0v) is 9.23. The highest BCUT2D eigenvalue weighted by Crippen LogP contribution is 2.24. The lowest BCUT2D eigenvalue weighted by molar-refractivity contribution is 0.129. The first-order chi connectivity index (χ1) is 7.16. The third kappa shape index (κ3) is 2.70. The Morgan fingerprint density at radius 2 is 1.67 bits per heavy atom. The van der Waals surface area contributed by atoms with Crippen molar-refractivity contribution in [2.75, 3.05) is 19.8 Å². The predicted octanol–water partition coefficient (Wildman–Crippen LogP) is 1.33. The maximum absolute atomic E-state index is 9.22. The van der Waals surface area contributed by atoms with Gasteiger partial charge in [-0.2, -0.15) is 0 Å². The maximum Gasteiger partial charge on any atom is 0.119 e. The van der Waals surface area contributed by atoms with Gasteiger partial charge in [-0.15, -0.1) is 0 Å². The highest BCUT2D eigenvalue weighted by molar-refractivity contribution is 5.32. The largest absolute Gasteiger partial charge is 0.494 e. The lowest BCUT2D eigenvalue weighted by atomic mass is 9.84. The standard InChI is InChI=1S/C12H18O3/c1-3-15-11-6-4-10(5-7-11)12(2,8-13)9-14/h4-7,13-14H,3,8-9H2,1-2H3. The van der Waals surface area contributed by atoms with E-state index in [1.807, 2.05) is 38.1 Å². The summed E-state index contributed by atoms with van der Waals surface area (Å²) in [5.41, 5.74) is 0.334. The molecule has 2 N–H and O–H groups in total. The zero-order chi connectivity index (χ0) is 11.3. The average Bonchev–Trinajstić information content (AvgIpc) is 2.29. The summed E-state index contributed by atoms with van der Waals surface area (Å²) in [5, 5.41) is 18.4. The molecule has 0 fully saturated rings. The lowest BCUT2D eigenvalue weighted by Gasteiger charge is -2.25. The number of benzene rings is 1. The van der Waals surface area contributed by atoms with Crippen molar-refractivity contribution in [3.63, 3.8) is 0 Å². The van der Waals surface area contributed by atoms with E-state index in [-0.39, 0.29) is 13.2 Å². The van der Waals surface area contributed by atoms with E-state index >= 15 is 0 Å². The molecule has 0 radical (unpaired) electrons. The van der Waals surface area contributed by atoms with E-state index in [4.69, 9.17) is 4.74 Å². The Hall–Kier alpha value is -1.06. The number of hydrogen-bond donors (Lipinski definition) is 2. The minimum absolute atomic E-state index is 0.0719. The Labute approximate surface area is 90.3 Å². The van der Waals surface area contributed by atoms with Crippen LogP contribution in [0.2, 0.25) is 0 Å². The SMILES string of the molecule is CCOc1ccc(C(C)(CO)CO)cc1. The minimum Gasteiger partial charge on any atom is -0.494 e. The topological polar surface area (TPSA) is 49.7 Å². The molecule has 0 aliphatic carbocycles. The molecular formula is C12H18O3. The summed E-state index contributed by atoms with van der Waals surface area (Å²) in [7, 11) is 0. The van der Waals surface area contributed by atoms with Crippen molar-refractivity contribution < 1.29 is 14.9 Å². The van der Waals surface area contributed by atoms with Gasteiger partial charge in [-0.05, 0) is 24.6 Å². The van der Waals surface area contributed by atoms with Crippen molar-refractivity contribution in [1.29, 1.82) is 0 Å². The number of aliphatic hydroxyl groups excluding tert-OH is 2. The molecule has 0 bridgehead atoms. The fourth-order valence-corrected chi connectivity index (χ4v) is 1.35. The third-order valence-electron chi connectivity index (χ3n) is 2.56. The number of ether oxygens (including phenoxy) is 1. The maximum atomic E-state index is 9.22. The van der Waals surface area contributed by atoms with Crippen molar-refractivity contribution in [2.24, 2.45) is 0 Å². The van der Waals surface area contributed by atoms with E-state index < -0.39 is 5.41 Å². The van der Waals surface area contributed by atoms with Crippen LogP contribution in [0.1, 0.15) is 19.4 Å². The van der Waals surface area contributed by atoms with Crippen molar-refractivity contribution >= 4 is 0 Å². The second-order valence-electron chi connectivity index (χ2n) is 3.83. The van der Waals surface area contributed by atoms with Crippen LogP contribution in [0.4, 0.5) is 0 Å². The van der Waals surface area contributed by atoms with Gasteiger partial charge in [0.05, 0.1) is 19.8 Å². The van der Waals surface area contributed by atoms with Gasteiger partial charge in [0.1, 0.15) is 5.75 Å². The molecule has 1 aromatic rings. The molecule has 0 atom stereocenters. The van der Waals surface area contributed by atoms with Gasteiger partial charge < -0.3 is 14.9 Å². The second-order valence-corrected chi connectivity index (χ2v) is 3.83. The molecule has 0 amide bonds. The quantitative estimate of drug-likeness (QED) is 0.770. The Bertz CT molecular complexity index is 288. The molecule has 15 heavy (non-hydrogen) atoms. The van der Waals surface area contributed by atoms with Crippen LogP contribution in [0.3, 0.4) is 0 Å². The zero-order valence-electron chi connectivity index (χ0n) is 9.23. The van der Waals surface area contributed by atoms with E-state index in [0.29, 0.717) is 6.61 Å². The van der Waals surface area contributed by atoms with Crippen LogP contribution in [-0.2, 0) is 5.41 Å². The Balaban J connectivity index is 2.87. The van der Waals surface area contributed by atoms with Crippen LogP contribution in [0, 0.1) is 0 Å². The fraction of sp³-hybridized carbons (Fsp3) is 0.500. The monoisotopic (exact) mass is 210 g/mol. The number of rotatable bonds is 5. The van der Waals surface area contributed by atoms with Crippen LogP contribution < -0.4 is 4.74 Å². The van der Waals surface area contributed by atoms with Crippen molar-refractivity contribution in [1.82, 2.24) is 0 Å². The molecule has 0 aliphatic heterocycles. The molecule has 0 unspecified atom stereocenters. The Kier molecular flexibility index (Phi) is 4.12. The van der Waals surface area contributed by atoms with E-state index in [1.54, 1.807) is 0 Å². The van der Waals surface area contributed by atoms with Crippen LogP contribution in [0.25, 0.3) is 0 Å². The fourth-order valence-electron chi connectivity index (χ4n) is 1.35. The first-order valence-corrected chi connectivity index (χ1v) is 5.11. The van der Waals surface area contributed by atoms with Gasteiger partial charge in [0.15, 0.2) is 0 Å². The van der Waals surface area contributed by atoms with E-state index in [9.17, 15) is 10.2 Å². The van der Waals surface area contributed by atoms with E-state index in [0.717, 1.165) is 11.3 Å². The van der Waals surface area contributed by atoms with Crippen LogP contribution >= 0.6 is 0 Å². The molecule has 0 aliphatic rings. The summed E-state index contributed by atoms with van der Waals surface area (Å²) in [5.74, 6) is 0.805. The van der Waals surface area contributed by atoms with Crippen LogP contribution in [0.5, 0.6) is 5.75 Å². The van der Waals surface area contributed by atoms with Gasteiger partial charge in [-0.3, -0.25) is 0 Å². The second kappa shape index (κ2) is 5.14. The summed E-state index contributed by atoms with van der Waals surface area (Å²) < 4.78 is 5.32. The minimum atomic E-state index is -0.579. The molecule has 0 saturated heterocycles. The molecule has 0 spiro atoms. The molecule has 1 rings (SSSR count). The average molecular weight is 210 g/mol. The first-order valence-electron chi connectivity index (χ1n) is 5.11. The summed E-state index contributed by atoms with van der Waals surface area (Å²) in [6.45, 7) is 4.24. The number of hydrogen-bond acceptors (Lipinski definition) is 3. The van der Waals surface area contributed by atoms with Gasteiger partial charge >= 0.3 is 0 Å². The molecule has 3 heteroatoms. The van der Waals surface area contributed by atoms with Gasteiger partial charge in [0.25, 0.3) is 0 Å². The molecule has 0 heterocycles. The molecule has 0 aromatic heterocycles. The van der Waals surface area contributed by atoms with E-state index in [2.05, 4.69) is 0 Å². The van der Waals surface area contributed by atoms with Crippen molar-refractivity contribution in [3.05, 3.63) is 29.8 Å². The van der Waals surface area contributed by atoms with Crippen LogP contribution in [0.15, 0.2) is 24.3 Å². The third-order valence-corrected chi connectivity index (χ3v) is 2.56. The van der Waals surface area contributed by atoms with Crippen LogP contribution in [-0.4, -0.2) is 30.0 Å². The summed E-state index contributed by atoms with van der Waals surface area (Å²) >= 11 is 0. The highest BCUT2D eigenvalue weighted by Gasteiger charge is 2.24. The predicted molar refractivity (Wildman–Crippen MR) is 59.1 cm³/mol. The van der Waals surface area contributed by atoms with Gasteiger partial charge in [0.2, 0.25) is 0 Å². The lowest BCUT2D eigenvalue weighted by Crippen LogP contribution is -2.30. The summed E-state index contributed by atoms with van der Waals surface area (Å²) in [6.07, 6.45) is 0. The highest BCUT2D eigenvalue weighted by atomic mass is 16.5. The normalized spacial score (nSPS) is 11.5. The molecule has 3 nitrogen and oxygen atoms in total. The Morgan fingerprint density at radius 1 is 1.13 bits per heavy atom.